The lowest BCUT2D eigenvalue weighted by molar-refractivity contribution is 0.296. The van der Waals surface area contributed by atoms with E-state index < -0.39 is 11.2 Å². The van der Waals surface area contributed by atoms with E-state index in [1.165, 1.54) is 19.0 Å². The second kappa shape index (κ2) is 4.92. The molecule has 0 saturated heterocycles. The minimum atomic E-state index is -0.552. The van der Waals surface area contributed by atoms with E-state index in [2.05, 4.69) is 20.2 Å². The van der Waals surface area contributed by atoms with Crippen LogP contribution in [0.4, 0.5) is 0 Å². The fourth-order valence-corrected chi connectivity index (χ4v) is 1.81. The van der Waals surface area contributed by atoms with Crippen molar-refractivity contribution < 1.29 is 4.74 Å². The number of rotatable bonds is 4. The van der Waals surface area contributed by atoms with Gasteiger partial charge in [-0.3, -0.25) is 9.78 Å². The van der Waals surface area contributed by atoms with E-state index in [0.717, 1.165) is 0 Å². The number of hydrogen-bond donors (Lipinski definition) is 2. The van der Waals surface area contributed by atoms with Crippen molar-refractivity contribution >= 4 is 0 Å². The molecular weight excluding hydrogens is 260 g/mol. The molecular formula is C13H14N4O3. The molecule has 2 N–H and O–H groups in total. The Morgan fingerprint density at radius 2 is 2.15 bits per heavy atom. The Balaban J connectivity index is 1.94. The van der Waals surface area contributed by atoms with E-state index in [1.54, 1.807) is 13.0 Å². The van der Waals surface area contributed by atoms with Gasteiger partial charge in [-0.05, 0) is 25.7 Å². The second-order valence-electron chi connectivity index (χ2n) is 4.92. The van der Waals surface area contributed by atoms with Crippen LogP contribution in [-0.2, 0) is 0 Å². The van der Waals surface area contributed by atoms with Crippen LogP contribution < -0.4 is 16.0 Å². The summed E-state index contributed by atoms with van der Waals surface area (Å²) in [7, 11) is 0. The molecule has 0 atom stereocenters. The van der Waals surface area contributed by atoms with E-state index in [1.807, 2.05) is 0 Å². The normalized spacial score (nSPS) is 14.2. The summed E-state index contributed by atoms with van der Waals surface area (Å²) in [5.41, 5.74) is 0.256. The summed E-state index contributed by atoms with van der Waals surface area (Å²) < 4.78 is 5.70. The smallest absolute Gasteiger partial charge is 0.325 e. The molecule has 0 spiro atoms. The van der Waals surface area contributed by atoms with E-state index >= 15 is 0 Å². The van der Waals surface area contributed by atoms with Crippen LogP contribution in [-0.4, -0.2) is 26.8 Å². The highest BCUT2D eigenvalue weighted by atomic mass is 16.5. The number of nitrogens with zero attached hydrogens (tertiary/aromatic N) is 2. The van der Waals surface area contributed by atoms with Gasteiger partial charge >= 0.3 is 5.69 Å². The summed E-state index contributed by atoms with van der Waals surface area (Å²) in [6, 6.07) is 1.67. The van der Waals surface area contributed by atoms with Gasteiger partial charge in [0.25, 0.3) is 5.56 Å². The van der Waals surface area contributed by atoms with Gasteiger partial charge in [0.2, 0.25) is 0 Å². The van der Waals surface area contributed by atoms with E-state index in [9.17, 15) is 9.59 Å². The summed E-state index contributed by atoms with van der Waals surface area (Å²) in [6.45, 7) is 2.46. The topological polar surface area (TPSA) is 101 Å². The van der Waals surface area contributed by atoms with Gasteiger partial charge in [0.15, 0.2) is 0 Å². The summed E-state index contributed by atoms with van der Waals surface area (Å²) in [4.78, 5) is 27.3. The third-order valence-corrected chi connectivity index (χ3v) is 3.20. The van der Waals surface area contributed by atoms with Crippen LogP contribution in [0.15, 0.2) is 21.9 Å². The molecule has 0 bridgehead atoms. The predicted octanol–water partition coefficient (Wildman–Crippen LogP) is 0.617. The molecule has 0 amide bonds. The first-order valence-electron chi connectivity index (χ1n) is 6.43. The fourth-order valence-electron chi connectivity index (χ4n) is 1.81. The molecule has 3 rings (SSSR count). The Bertz CT molecular complexity index is 746. The van der Waals surface area contributed by atoms with Gasteiger partial charge in [-0.25, -0.2) is 4.79 Å². The quantitative estimate of drug-likeness (QED) is 0.851. The van der Waals surface area contributed by atoms with Gasteiger partial charge < -0.3 is 9.72 Å². The number of aromatic nitrogens is 4. The number of ether oxygens (including phenoxy) is 1. The van der Waals surface area contributed by atoms with Gasteiger partial charge in [0, 0.05) is 12.3 Å². The zero-order valence-corrected chi connectivity index (χ0v) is 11.0. The Kier molecular flexibility index (Phi) is 3.09. The van der Waals surface area contributed by atoms with Crippen LogP contribution >= 0.6 is 0 Å². The SMILES string of the molecule is Cc1nnc(-c2c[nH]c(=O)[nH]c2=O)cc1OCC1CC1. The third-order valence-electron chi connectivity index (χ3n) is 3.20. The number of aromatic amines is 2. The van der Waals surface area contributed by atoms with Gasteiger partial charge in [-0.1, -0.05) is 0 Å². The van der Waals surface area contributed by atoms with Crippen molar-refractivity contribution in [2.45, 2.75) is 19.8 Å². The fraction of sp³-hybridized carbons (Fsp3) is 0.385. The van der Waals surface area contributed by atoms with Crippen LogP contribution in [0.1, 0.15) is 18.5 Å². The molecule has 2 aromatic rings. The Hall–Kier alpha value is -2.44. The van der Waals surface area contributed by atoms with Gasteiger partial charge in [-0.15, -0.1) is 5.10 Å². The molecule has 0 unspecified atom stereocenters. The lowest BCUT2D eigenvalue weighted by Crippen LogP contribution is -2.23. The van der Waals surface area contributed by atoms with E-state index in [-0.39, 0.29) is 5.56 Å². The maximum atomic E-state index is 11.7. The molecule has 1 saturated carbocycles. The Morgan fingerprint density at radius 3 is 2.85 bits per heavy atom. The standard InChI is InChI=1S/C13H14N4O3/c1-7-11(20-6-8-2-3-8)4-10(17-16-7)9-5-14-13(19)15-12(9)18/h4-5,8H,2-3,6H2,1H3,(H2,14,15,18,19). The van der Waals surface area contributed by atoms with Crippen LogP contribution in [0.2, 0.25) is 0 Å². The molecule has 7 nitrogen and oxygen atoms in total. The van der Waals surface area contributed by atoms with Crippen molar-refractivity contribution in [2.24, 2.45) is 5.92 Å². The number of hydrogen-bond acceptors (Lipinski definition) is 5. The number of aryl methyl sites for hydroxylation is 1. The number of H-pyrrole nitrogens is 2. The lowest BCUT2D eigenvalue weighted by atomic mass is 10.2. The molecule has 1 aliphatic rings. The maximum absolute atomic E-state index is 11.7. The van der Waals surface area contributed by atoms with Crippen LogP contribution in [0.3, 0.4) is 0 Å². The van der Waals surface area contributed by atoms with E-state index in [4.69, 9.17) is 4.74 Å². The van der Waals surface area contributed by atoms with E-state index in [0.29, 0.717) is 29.7 Å². The molecule has 0 aliphatic heterocycles. The minimum absolute atomic E-state index is 0.258. The van der Waals surface area contributed by atoms with Crippen molar-refractivity contribution in [1.29, 1.82) is 0 Å². The lowest BCUT2D eigenvalue weighted by Gasteiger charge is -2.08. The molecule has 7 heteroatoms. The van der Waals surface area contributed by atoms with Crippen molar-refractivity contribution in [3.8, 4) is 17.0 Å². The summed E-state index contributed by atoms with van der Waals surface area (Å²) >= 11 is 0. The predicted molar refractivity (Wildman–Crippen MR) is 71.7 cm³/mol. The zero-order valence-electron chi connectivity index (χ0n) is 11.0. The van der Waals surface area contributed by atoms with Crippen LogP contribution in [0.5, 0.6) is 5.75 Å². The summed E-state index contributed by atoms with van der Waals surface area (Å²) in [6.07, 6.45) is 3.72. The van der Waals surface area contributed by atoms with Crippen molar-refractivity contribution in [1.82, 2.24) is 20.2 Å². The van der Waals surface area contributed by atoms with Crippen molar-refractivity contribution in [3.63, 3.8) is 0 Å². The Labute approximate surface area is 114 Å². The first-order chi connectivity index (χ1) is 9.63. The second-order valence-corrected chi connectivity index (χ2v) is 4.92. The molecule has 2 aromatic heterocycles. The third kappa shape index (κ3) is 2.61. The highest BCUT2D eigenvalue weighted by molar-refractivity contribution is 5.58. The molecule has 2 heterocycles. The van der Waals surface area contributed by atoms with Gasteiger partial charge in [0.05, 0.1) is 12.2 Å². The minimum Gasteiger partial charge on any atom is -0.491 e. The monoisotopic (exact) mass is 274 g/mol. The largest absolute Gasteiger partial charge is 0.491 e. The summed E-state index contributed by atoms with van der Waals surface area (Å²) in [5, 5.41) is 7.97. The van der Waals surface area contributed by atoms with Gasteiger partial charge in [-0.2, -0.15) is 5.10 Å². The average Bonchev–Trinajstić information content (AvgIpc) is 3.22. The first kappa shape index (κ1) is 12.6. The van der Waals surface area contributed by atoms with Crippen molar-refractivity contribution in [3.05, 3.63) is 38.8 Å². The summed E-state index contributed by atoms with van der Waals surface area (Å²) in [5.74, 6) is 1.25. The average molecular weight is 274 g/mol. The molecule has 1 fully saturated rings. The number of nitrogens with one attached hydrogen (secondary N) is 2. The molecule has 20 heavy (non-hydrogen) atoms. The maximum Gasteiger partial charge on any atom is 0.325 e. The van der Waals surface area contributed by atoms with Crippen LogP contribution in [0, 0.1) is 12.8 Å². The first-order valence-corrected chi connectivity index (χ1v) is 6.43. The molecule has 0 radical (unpaired) electrons. The highest BCUT2D eigenvalue weighted by Crippen LogP contribution is 2.30. The zero-order chi connectivity index (χ0) is 14.1. The van der Waals surface area contributed by atoms with Crippen LogP contribution in [0.25, 0.3) is 11.3 Å². The van der Waals surface area contributed by atoms with Crippen molar-refractivity contribution in [2.75, 3.05) is 6.61 Å². The molecule has 104 valence electrons. The molecule has 1 aliphatic carbocycles. The highest BCUT2D eigenvalue weighted by Gasteiger charge is 2.22. The molecule has 0 aromatic carbocycles. The Morgan fingerprint density at radius 1 is 1.35 bits per heavy atom. The van der Waals surface area contributed by atoms with Gasteiger partial charge in [0.1, 0.15) is 17.1 Å².